The minimum Gasteiger partial charge on any atom is -0.506 e. The van der Waals surface area contributed by atoms with Gasteiger partial charge in [0, 0.05) is 21.9 Å². The molecule has 0 aliphatic heterocycles. The average Bonchev–Trinajstić information content (AvgIpc) is 3.03. The monoisotopic (exact) mass is 606 g/mol. The van der Waals surface area contributed by atoms with Gasteiger partial charge in [0.05, 0.1) is 42.7 Å². The largest absolute Gasteiger partial charge is 0.506 e. The molecule has 0 saturated heterocycles. The van der Waals surface area contributed by atoms with Crippen molar-refractivity contribution in [2.75, 3.05) is 42.7 Å². The number of ether oxygens (including phenoxy) is 6. The predicted molar refractivity (Wildman–Crippen MR) is 167 cm³/mol. The normalized spacial score (nSPS) is 11.0. The molecular weight excluding hydrogens is 568 g/mol. The summed E-state index contributed by atoms with van der Waals surface area (Å²) in [4.78, 5) is 26.5. The van der Waals surface area contributed by atoms with Crippen molar-refractivity contribution in [3.63, 3.8) is 0 Å². The van der Waals surface area contributed by atoms with E-state index in [1.807, 2.05) is 26.0 Å². The predicted octanol–water partition coefficient (Wildman–Crippen LogP) is 6.58. The van der Waals surface area contributed by atoms with E-state index in [-0.39, 0.29) is 44.9 Å². The quantitative estimate of drug-likeness (QED) is 0.181. The lowest BCUT2D eigenvalue weighted by molar-refractivity contribution is 0.0584. The number of hydrogen-bond donors (Lipinski definition) is 2. The van der Waals surface area contributed by atoms with Gasteiger partial charge in [0.15, 0.2) is 0 Å². The maximum Gasteiger partial charge on any atom is 0.345 e. The summed E-state index contributed by atoms with van der Waals surface area (Å²) >= 11 is 0. The van der Waals surface area contributed by atoms with E-state index in [0.717, 1.165) is 24.0 Å². The van der Waals surface area contributed by atoms with Gasteiger partial charge in [-0.1, -0.05) is 26.7 Å². The summed E-state index contributed by atoms with van der Waals surface area (Å²) < 4.78 is 33.2. The van der Waals surface area contributed by atoms with Crippen LogP contribution in [0.5, 0.6) is 34.5 Å². The lowest BCUT2D eigenvalue weighted by Gasteiger charge is -2.24. The lowest BCUT2D eigenvalue weighted by atomic mass is 9.85. The Labute approximate surface area is 256 Å². The molecule has 0 aliphatic carbocycles. The van der Waals surface area contributed by atoms with Crippen LogP contribution >= 0.6 is 0 Å². The van der Waals surface area contributed by atoms with Crippen molar-refractivity contribution in [3.05, 3.63) is 46.5 Å². The molecular formula is C34H38O10. The van der Waals surface area contributed by atoms with E-state index in [4.69, 9.17) is 28.4 Å². The number of esters is 2. The molecule has 4 aromatic carbocycles. The first-order valence-corrected chi connectivity index (χ1v) is 14.2. The van der Waals surface area contributed by atoms with Crippen LogP contribution in [-0.4, -0.2) is 64.8 Å². The second-order valence-electron chi connectivity index (χ2n) is 10.2. The Morgan fingerprint density at radius 1 is 0.568 bits per heavy atom. The van der Waals surface area contributed by atoms with E-state index in [9.17, 15) is 19.8 Å². The fourth-order valence-corrected chi connectivity index (χ4v) is 5.83. The number of rotatable bonds is 11. The van der Waals surface area contributed by atoms with Gasteiger partial charge in [0.1, 0.15) is 45.6 Å². The number of benzene rings is 4. The maximum atomic E-state index is 13.2. The van der Waals surface area contributed by atoms with Crippen molar-refractivity contribution in [1.82, 2.24) is 0 Å². The summed E-state index contributed by atoms with van der Waals surface area (Å²) in [6.45, 7) is 4.06. The average molecular weight is 607 g/mol. The summed E-state index contributed by atoms with van der Waals surface area (Å²) in [6.07, 6.45) is 2.91. The highest BCUT2D eigenvalue weighted by molar-refractivity contribution is 6.20. The molecule has 0 heterocycles. The zero-order valence-electron chi connectivity index (χ0n) is 26.3. The van der Waals surface area contributed by atoms with Gasteiger partial charge in [-0.15, -0.1) is 0 Å². The van der Waals surface area contributed by atoms with Gasteiger partial charge in [-0.2, -0.15) is 0 Å². The summed E-state index contributed by atoms with van der Waals surface area (Å²) in [7, 11) is 8.20. The van der Waals surface area contributed by atoms with E-state index in [0.29, 0.717) is 46.2 Å². The molecule has 0 amide bonds. The van der Waals surface area contributed by atoms with Gasteiger partial charge in [0.25, 0.3) is 0 Å². The van der Waals surface area contributed by atoms with Crippen LogP contribution in [0.1, 0.15) is 58.5 Å². The Bertz CT molecular complexity index is 1630. The van der Waals surface area contributed by atoms with E-state index >= 15 is 0 Å². The molecule has 0 atom stereocenters. The third-order valence-electron chi connectivity index (χ3n) is 7.75. The fraction of sp³-hybridized carbons (Fsp3) is 0.353. The number of fused-ring (bicyclic) bond motifs is 2. The van der Waals surface area contributed by atoms with Crippen LogP contribution in [0.4, 0.5) is 0 Å². The molecule has 0 fully saturated rings. The topological polar surface area (TPSA) is 130 Å². The molecule has 10 nitrogen and oxygen atoms in total. The molecule has 0 radical (unpaired) electrons. The highest BCUT2D eigenvalue weighted by atomic mass is 16.5. The number of carbonyl (C=O) groups excluding carboxylic acids is 2. The van der Waals surface area contributed by atoms with Gasteiger partial charge in [-0.25, -0.2) is 9.59 Å². The van der Waals surface area contributed by atoms with Crippen molar-refractivity contribution in [3.8, 4) is 45.6 Å². The zero-order valence-corrected chi connectivity index (χ0v) is 26.3. The van der Waals surface area contributed by atoms with Crippen LogP contribution in [-0.2, 0) is 22.3 Å². The van der Waals surface area contributed by atoms with E-state index in [2.05, 4.69) is 0 Å². The van der Waals surface area contributed by atoms with Crippen molar-refractivity contribution < 1.29 is 48.2 Å². The Morgan fingerprint density at radius 3 is 1.20 bits per heavy atom. The minimum absolute atomic E-state index is 0.0107. The third kappa shape index (κ3) is 5.14. The standard InChI is InChI=1S/C34H38O10/c1-9-11-17-13-19-21(15-23(17)39-3)29(35)27(33(37)43-7)31(41-5)25(19)26-20-14-18(12-10-2)24(40-4)16-22(20)30(36)28(32(26)42-6)34(38)44-8/h13-16,35-36H,9-12H2,1-8H3. The van der Waals surface area contributed by atoms with Crippen LogP contribution in [0.15, 0.2) is 24.3 Å². The van der Waals surface area contributed by atoms with Gasteiger partial charge < -0.3 is 38.6 Å². The van der Waals surface area contributed by atoms with E-state index in [1.54, 1.807) is 12.1 Å². The van der Waals surface area contributed by atoms with Crippen molar-refractivity contribution >= 4 is 33.5 Å². The third-order valence-corrected chi connectivity index (χ3v) is 7.75. The first kappa shape index (κ1) is 32.1. The van der Waals surface area contributed by atoms with Crippen molar-refractivity contribution in [2.24, 2.45) is 0 Å². The summed E-state index contributed by atoms with van der Waals surface area (Å²) in [5.41, 5.74) is 1.90. The molecule has 44 heavy (non-hydrogen) atoms. The molecule has 0 spiro atoms. The molecule has 4 rings (SSSR count). The Balaban J connectivity index is 2.43. The van der Waals surface area contributed by atoms with Crippen molar-refractivity contribution in [1.29, 1.82) is 0 Å². The zero-order chi connectivity index (χ0) is 32.3. The fourth-order valence-electron chi connectivity index (χ4n) is 5.83. The van der Waals surface area contributed by atoms with Gasteiger partial charge in [0.2, 0.25) is 0 Å². The molecule has 10 heteroatoms. The second-order valence-corrected chi connectivity index (χ2v) is 10.2. The number of methoxy groups -OCH3 is 6. The number of aryl methyl sites for hydroxylation is 2. The highest BCUT2D eigenvalue weighted by Crippen LogP contribution is 2.55. The van der Waals surface area contributed by atoms with Crippen LogP contribution in [0.3, 0.4) is 0 Å². The highest BCUT2D eigenvalue weighted by Gasteiger charge is 2.34. The smallest absolute Gasteiger partial charge is 0.345 e. The number of carbonyl (C=O) groups is 2. The molecule has 0 bridgehead atoms. The summed E-state index contributed by atoms with van der Waals surface area (Å²) in [5, 5.41) is 24.6. The van der Waals surface area contributed by atoms with E-state index < -0.39 is 11.9 Å². The lowest BCUT2D eigenvalue weighted by Crippen LogP contribution is -2.10. The number of phenolic OH excluding ortho intramolecular Hbond substituents is 2. The van der Waals surface area contributed by atoms with Crippen LogP contribution in [0.25, 0.3) is 32.7 Å². The van der Waals surface area contributed by atoms with Gasteiger partial charge >= 0.3 is 11.9 Å². The van der Waals surface area contributed by atoms with Gasteiger partial charge in [-0.3, -0.25) is 0 Å². The van der Waals surface area contributed by atoms with E-state index in [1.165, 1.54) is 42.7 Å². The number of hydrogen-bond acceptors (Lipinski definition) is 10. The molecule has 0 aromatic heterocycles. The van der Waals surface area contributed by atoms with Gasteiger partial charge in [-0.05, 0) is 59.0 Å². The maximum absolute atomic E-state index is 13.2. The van der Waals surface area contributed by atoms with Crippen LogP contribution in [0.2, 0.25) is 0 Å². The molecule has 4 aromatic rings. The Hall–Kier alpha value is -4.86. The number of phenols is 2. The number of aromatic hydroxyl groups is 2. The minimum atomic E-state index is -0.845. The van der Waals surface area contributed by atoms with Crippen molar-refractivity contribution in [2.45, 2.75) is 39.5 Å². The Morgan fingerprint density at radius 2 is 0.932 bits per heavy atom. The molecule has 0 saturated carbocycles. The first-order valence-electron chi connectivity index (χ1n) is 14.2. The SMILES string of the molecule is CCCc1cc2c(-c3c(OC)c(C(=O)OC)c(O)c4cc(OC)c(CCC)cc34)c(OC)c(C(=O)OC)c(O)c2cc1OC. The Kier molecular flexibility index (Phi) is 9.62. The van der Waals surface area contributed by atoms with Crippen LogP contribution < -0.4 is 18.9 Å². The summed E-state index contributed by atoms with van der Waals surface area (Å²) in [5.74, 6) is -1.39. The molecule has 234 valence electrons. The molecule has 2 N–H and O–H groups in total. The first-order chi connectivity index (χ1) is 21.2. The molecule has 0 unspecified atom stereocenters. The van der Waals surface area contributed by atoms with Crippen LogP contribution in [0, 0.1) is 0 Å². The summed E-state index contributed by atoms with van der Waals surface area (Å²) in [6, 6.07) is 7.05. The molecule has 0 aliphatic rings. The second kappa shape index (κ2) is 13.2.